The summed E-state index contributed by atoms with van der Waals surface area (Å²) in [5.41, 5.74) is 0.686. The van der Waals surface area contributed by atoms with Crippen LogP contribution in [-0.2, 0) is 16.3 Å². The van der Waals surface area contributed by atoms with Crippen molar-refractivity contribution in [2.45, 2.75) is 12.8 Å². The number of rotatable bonds is 4. The first-order valence-corrected chi connectivity index (χ1v) is 8.76. The van der Waals surface area contributed by atoms with Gasteiger partial charge in [0.15, 0.2) is 9.84 Å². The number of benzene rings is 1. The van der Waals surface area contributed by atoms with Crippen molar-refractivity contribution >= 4 is 25.8 Å². The summed E-state index contributed by atoms with van der Waals surface area (Å²) < 4.78 is 37.1. The molecule has 1 aromatic rings. The van der Waals surface area contributed by atoms with Crippen LogP contribution in [0.25, 0.3) is 0 Å². The fourth-order valence-corrected chi connectivity index (χ4v) is 5.38. The third kappa shape index (κ3) is 3.55. The van der Waals surface area contributed by atoms with Crippen LogP contribution in [0.15, 0.2) is 22.7 Å². The maximum atomic E-state index is 13.2. The Morgan fingerprint density at radius 3 is 2.74 bits per heavy atom. The predicted octanol–water partition coefficient (Wildman–Crippen LogP) is 2.16. The lowest BCUT2D eigenvalue weighted by Crippen LogP contribution is -2.35. The second kappa shape index (κ2) is 5.50. The van der Waals surface area contributed by atoms with Gasteiger partial charge in [-0.1, -0.05) is 6.07 Å². The van der Waals surface area contributed by atoms with Crippen LogP contribution in [0.4, 0.5) is 4.39 Å². The fourth-order valence-electron chi connectivity index (χ4n) is 2.78. The highest BCUT2D eigenvalue weighted by molar-refractivity contribution is 9.10. The molecular weight excluding hydrogens is 333 g/mol. The first-order valence-electron chi connectivity index (χ1n) is 6.15. The summed E-state index contributed by atoms with van der Waals surface area (Å²) in [7, 11) is -1.11. The SMILES string of the molecule is CNCC1(Cc2ccc(F)c(Br)c2)CCS(=O)(=O)C1. The van der Waals surface area contributed by atoms with Crippen molar-refractivity contribution < 1.29 is 12.8 Å². The van der Waals surface area contributed by atoms with Gasteiger partial charge in [-0.15, -0.1) is 0 Å². The van der Waals surface area contributed by atoms with E-state index in [9.17, 15) is 12.8 Å². The van der Waals surface area contributed by atoms with Gasteiger partial charge in [-0.2, -0.15) is 0 Å². The van der Waals surface area contributed by atoms with Crippen LogP contribution in [0.3, 0.4) is 0 Å². The molecule has 1 aliphatic rings. The molecule has 1 atom stereocenters. The summed E-state index contributed by atoms with van der Waals surface area (Å²) in [5.74, 6) is 0.151. The van der Waals surface area contributed by atoms with Gasteiger partial charge >= 0.3 is 0 Å². The number of nitrogens with one attached hydrogen (secondary N) is 1. The number of halogens is 2. The van der Waals surface area contributed by atoms with E-state index in [1.54, 1.807) is 12.1 Å². The molecule has 0 aromatic heterocycles. The molecule has 0 aliphatic carbocycles. The topological polar surface area (TPSA) is 46.2 Å². The molecule has 1 fully saturated rings. The summed E-state index contributed by atoms with van der Waals surface area (Å²) in [4.78, 5) is 0. The van der Waals surface area contributed by atoms with Crippen LogP contribution in [0.1, 0.15) is 12.0 Å². The number of hydrogen-bond acceptors (Lipinski definition) is 3. The molecule has 1 heterocycles. The van der Waals surface area contributed by atoms with Crippen LogP contribution in [0.2, 0.25) is 0 Å². The molecule has 0 bridgehead atoms. The molecule has 2 rings (SSSR count). The molecule has 1 unspecified atom stereocenters. The lowest BCUT2D eigenvalue weighted by atomic mass is 9.81. The molecular formula is C13H17BrFNO2S. The minimum atomic E-state index is -2.94. The Morgan fingerprint density at radius 2 is 2.21 bits per heavy atom. The van der Waals surface area contributed by atoms with Crippen molar-refractivity contribution in [1.82, 2.24) is 5.32 Å². The van der Waals surface area contributed by atoms with E-state index in [1.165, 1.54) is 6.07 Å². The first-order chi connectivity index (χ1) is 8.86. The summed E-state index contributed by atoms with van der Waals surface area (Å²) in [6.45, 7) is 0.654. The van der Waals surface area contributed by atoms with Crippen LogP contribution in [0.5, 0.6) is 0 Å². The Balaban J connectivity index is 2.24. The van der Waals surface area contributed by atoms with E-state index in [1.807, 2.05) is 7.05 Å². The third-order valence-electron chi connectivity index (χ3n) is 3.58. The molecule has 0 radical (unpaired) electrons. The average molecular weight is 350 g/mol. The van der Waals surface area contributed by atoms with Crippen molar-refractivity contribution in [2.24, 2.45) is 5.41 Å². The summed E-state index contributed by atoms with van der Waals surface area (Å²) in [6, 6.07) is 4.87. The Hall–Kier alpha value is -0.460. The molecule has 1 saturated heterocycles. The van der Waals surface area contributed by atoms with Gasteiger partial charge in [0.1, 0.15) is 5.82 Å². The molecule has 3 nitrogen and oxygen atoms in total. The van der Waals surface area contributed by atoms with Crippen LogP contribution in [0, 0.1) is 11.2 Å². The lowest BCUT2D eigenvalue weighted by Gasteiger charge is -2.27. The van der Waals surface area contributed by atoms with Crippen LogP contribution < -0.4 is 5.32 Å². The number of sulfone groups is 1. The minimum Gasteiger partial charge on any atom is -0.319 e. The van der Waals surface area contributed by atoms with Gasteiger partial charge in [-0.25, -0.2) is 12.8 Å². The second-order valence-corrected chi connectivity index (χ2v) is 8.34. The van der Waals surface area contributed by atoms with E-state index in [0.717, 1.165) is 5.56 Å². The van der Waals surface area contributed by atoms with E-state index in [0.29, 0.717) is 23.9 Å². The lowest BCUT2D eigenvalue weighted by molar-refractivity contribution is 0.321. The molecule has 1 aliphatic heterocycles. The Labute approximate surface area is 121 Å². The smallest absolute Gasteiger partial charge is 0.150 e. The highest BCUT2D eigenvalue weighted by Crippen LogP contribution is 2.36. The molecule has 6 heteroatoms. The minimum absolute atomic E-state index is 0.204. The van der Waals surface area contributed by atoms with Crippen molar-refractivity contribution in [3.05, 3.63) is 34.1 Å². The zero-order chi connectivity index (χ0) is 14.1. The van der Waals surface area contributed by atoms with Crippen LogP contribution in [-0.4, -0.2) is 33.5 Å². The highest BCUT2D eigenvalue weighted by Gasteiger charge is 2.41. The summed E-state index contributed by atoms with van der Waals surface area (Å²) in [5, 5.41) is 3.08. The van der Waals surface area contributed by atoms with Crippen molar-refractivity contribution in [3.63, 3.8) is 0 Å². The van der Waals surface area contributed by atoms with Gasteiger partial charge in [0.05, 0.1) is 16.0 Å². The Kier molecular flexibility index (Phi) is 4.32. The van der Waals surface area contributed by atoms with Crippen molar-refractivity contribution in [3.8, 4) is 0 Å². The highest BCUT2D eigenvalue weighted by atomic mass is 79.9. The number of hydrogen-bond donors (Lipinski definition) is 1. The van der Waals surface area contributed by atoms with E-state index in [-0.39, 0.29) is 22.7 Å². The van der Waals surface area contributed by atoms with Gasteiger partial charge < -0.3 is 5.32 Å². The quantitative estimate of drug-likeness (QED) is 0.905. The van der Waals surface area contributed by atoms with Gasteiger partial charge in [-0.3, -0.25) is 0 Å². The maximum absolute atomic E-state index is 13.2. The van der Waals surface area contributed by atoms with E-state index in [4.69, 9.17) is 0 Å². The normalized spacial score (nSPS) is 25.6. The van der Waals surface area contributed by atoms with Crippen molar-refractivity contribution in [2.75, 3.05) is 25.1 Å². The molecule has 1 N–H and O–H groups in total. The van der Waals surface area contributed by atoms with Gasteiger partial charge in [0.2, 0.25) is 0 Å². The standard InChI is InChI=1S/C13H17BrFNO2S/c1-16-8-13(4-5-19(17,18)9-13)7-10-2-3-12(15)11(14)6-10/h2-3,6,16H,4-5,7-9H2,1H3. The van der Waals surface area contributed by atoms with Crippen molar-refractivity contribution in [1.29, 1.82) is 0 Å². The van der Waals surface area contributed by atoms with Gasteiger partial charge in [0.25, 0.3) is 0 Å². The Bertz CT molecular complexity index is 576. The average Bonchev–Trinajstić information content (AvgIpc) is 2.60. The first kappa shape index (κ1) is 14.9. The molecule has 1 aromatic carbocycles. The largest absolute Gasteiger partial charge is 0.319 e. The zero-order valence-electron chi connectivity index (χ0n) is 10.7. The van der Waals surface area contributed by atoms with E-state index < -0.39 is 9.84 Å². The fraction of sp³-hybridized carbons (Fsp3) is 0.538. The predicted molar refractivity (Wildman–Crippen MR) is 77.4 cm³/mol. The second-order valence-electron chi connectivity index (χ2n) is 5.30. The molecule has 19 heavy (non-hydrogen) atoms. The summed E-state index contributed by atoms with van der Waals surface area (Å²) >= 11 is 3.17. The zero-order valence-corrected chi connectivity index (χ0v) is 13.2. The molecule has 0 amide bonds. The molecule has 106 valence electrons. The van der Waals surface area contributed by atoms with E-state index >= 15 is 0 Å². The van der Waals surface area contributed by atoms with Gasteiger partial charge in [0, 0.05) is 12.0 Å². The summed E-state index contributed by atoms with van der Waals surface area (Å²) in [6.07, 6.45) is 1.30. The molecule has 0 spiro atoms. The molecule has 0 saturated carbocycles. The monoisotopic (exact) mass is 349 g/mol. The maximum Gasteiger partial charge on any atom is 0.150 e. The third-order valence-corrected chi connectivity index (χ3v) is 6.07. The van der Waals surface area contributed by atoms with E-state index in [2.05, 4.69) is 21.2 Å². The Morgan fingerprint density at radius 1 is 1.47 bits per heavy atom. The van der Waals surface area contributed by atoms with Gasteiger partial charge in [-0.05, 0) is 53.5 Å². The van der Waals surface area contributed by atoms with Crippen LogP contribution >= 0.6 is 15.9 Å².